The summed E-state index contributed by atoms with van der Waals surface area (Å²) in [4.78, 5) is 13.0. The van der Waals surface area contributed by atoms with Crippen molar-refractivity contribution < 1.29 is 4.79 Å². The largest absolute Gasteiger partial charge is 0.363 e. The number of Topliss-reactive ketones (excluding diaryl/α,β-unsaturated/α-hetero) is 1. The van der Waals surface area contributed by atoms with Crippen LogP contribution in [0.5, 0.6) is 0 Å². The first-order valence-electron chi connectivity index (χ1n) is 10.8. The van der Waals surface area contributed by atoms with Gasteiger partial charge in [-0.05, 0) is 41.9 Å². The maximum atomic E-state index is 13.0. The van der Waals surface area contributed by atoms with E-state index in [1.807, 2.05) is 10.7 Å². The molecular weight excluding hydrogens is 370 g/mol. The molecule has 1 aliphatic heterocycles. The minimum Gasteiger partial charge on any atom is -0.363 e. The van der Waals surface area contributed by atoms with E-state index in [4.69, 9.17) is 0 Å². The standard InChI is InChI=1S/C26H31N3O/c1-18-16-23(20-8-6-5-7-9-20)28-25-22(17-27-29(18)25)24(30)15-12-19-10-13-21(14-11-19)26(2,3)4/h5-11,13-14,17-18,23,28H,12,15-16H2,1-4H3. The van der Waals surface area contributed by atoms with Crippen LogP contribution in [0.2, 0.25) is 0 Å². The number of hydrogen-bond donors (Lipinski definition) is 1. The fraction of sp³-hybridized carbons (Fsp3) is 0.385. The van der Waals surface area contributed by atoms with E-state index in [1.54, 1.807) is 6.20 Å². The number of fused-ring (bicyclic) bond motifs is 1. The van der Waals surface area contributed by atoms with Crippen molar-refractivity contribution in [3.63, 3.8) is 0 Å². The second-order valence-corrected chi connectivity index (χ2v) is 9.41. The Hall–Kier alpha value is -2.88. The van der Waals surface area contributed by atoms with Crippen LogP contribution >= 0.6 is 0 Å². The molecule has 2 aromatic carbocycles. The molecule has 2 heterocycles. The fourth-order valence-electron chi connectivity index (χ4n) is 4.18. The monoisotopic (exact) mass is 401 g/mol. The quantitative estimate of drug-likeness (QED) is 0.524. The lowest BCUT2D eigenvalue weighted by Gasteiger charge is -2.31. The Kier molecular flexibility index (Phi) is 5.50. The lowest BCUT2D eigenvalue weighted by Crippen LogP contribution is -2.26. The average molecular weight is 402 g/mol. The predicted octanol–water partition coefficient (Wildman–Crippen LogP) is 6.11. The molecule has 0 saturated carbocycles. The Morgan fingerprint density at radius 2 is 1.80 bits per heavy atom. The number of carbonyl (C=O) groups is 1. The Bertz CT molecular complexity index is 1010. The number of aromatic nitrogens is 2. The van der Waals surface area contributed by atoms with Crippen LogP contribution in [0.3, 0.4) is 0 Å². The third-order valence-corrected chi connectivity index (χ3v) is 6.06. The molecule has 2 atom stereocenters. The smallest absolute Gasteiger partial charge is 0.168 e. The summed E-state index contributed by atoms with van der Waals surface area (Å²) in [7, 11) is 0. The van der Waals surface area contributed by atoms with E-state index in [0.29, 0.717) is 12.0 Å². The van der Waals surface area contributed by atoms with Gasteiger partial charge in [-0.1, -0.05) is 75.4 Å². The van der Waals surface area contributed by atoms with E-state index in [2.05, 4.69) is 86.6 Å². The topological polar surface area (TPSA) is 46.9 Å². The zero-order valence-electron chi connectivity index (χ0n) is 18.4. The van der Waals surface area contributed by atoms with Crippen molar-refractivity contribution >= 4 is 11.6 Å². The van der Waals surface area contributed by atoms with E-state index in [1.165, 1.54) is 16.7 Å². The maximum absolute atomic E-state index is 13.0. The molecule has 0 radical (unpaired) electrons. The highest BCUT2D eigenvalue weighted by molar-refractivity contribution is 6.00. The molecule has 4 nitrogen and oxygen atoms in total. The third-order valence-electron chi connectivity index (χ3n) is 6.06. The van der Waals surface area contributed by atoms with Gasteiger partial charge in [-0.15, -0.1) is 0 Å². The van der Waals surface area contributed by atoms with E-state index in [-0.39, 0.29) is 23.3 Å². The fourth-order valence-corrected chi connectivity index (χ4v) is 4.18. The molecule has 0 saturated heterocycles. The summed E-state index contributed by atoms with van der Waals surface area (Å²) in [5.41, 5.74) is 4.60. The van der Waals surface area contributed by atoms with Gasteiger partial charge in [0, 0.05) is 6.42 Å². The summed E-state index contributed by atoms with van der Waals surface area (Å²) in [6.45, 7) is 8.81. The van der Waals surface area contributed by atoms with Crippen molar-refractivity contribution in [1.82, 2.24) is 9.78 Å². The number of ketones is 1. The maximum Gasteiger partial charge on any atom is 0.168 e. The molecule has 4 rings (SSSR count). The molecule has 156 valence electrons. The number of aryl methyl sites for hydroxylation is 1. The summed E-state index contributed by atoms with van der Waals surface area (Å²) >= 11 is 0. The first kappa shape index (κ1) is 20.4. The van der Waals surface area contributed by atoms with Gasteiger partial charge < -0.3 is 5.32 Å². The van der Waals surface area contributed by atoms with Crippen LogP contribution in [-0.4, -0.2) is 15.6 Å². The van der Waals surface area contributed by atoms with E-state index in [0.717, 1.165) is 18.7 Å². The molecule has 0 aliphatic carbocycles. The summed E-state index contributed by atoms with van der Waals surface area (Å²) in [6, 6.07) is 19.5. The lowest BCUT2D eigenvalue weighted by atomic mass is 9.86. The van der Waals surface area contributed by atoms with Crippen LogP contribution in [0.1, 0.15) is 79.7 Å². The molecule has 1 N–H and O–H groups in total. The van der Waals surface area contributed by atoms with Crippen LogP contribution in [0.15, 0.2) is 60.8 Å². The predicted molar refractivity (Wildman–Crippen MR) is 122 cm³/mol. The van der Waals surface area contributed by atoms with Crippen molar-refractivity contribution in [2.45, 2.75) is 64.5 Å². The first-order valence-corrected chi connectivity index (χ1v) is 10.8. The van der Waals surface area contributed by atoms with Crippen molar-refractivity contribution in [2.75, 3.05) is 5.32 Å². The van der Waals surface area contributed by atoms with Gasteiger partial charge >= 0.3 is 0 Å². The van der Waals surface area contributed by atoms with Gasteiger partial charge in [0.15, 0.2) is 5.78 Å². The SMILES string of the molecule is CC1CC(c2ccccc2)Nc2c(C(=O)CCc3ccc(C(C)(C)C)cc3)cnn21. The van der Waals surface area contributed by atoms with Crippen LogP contribution in [0.25, 0.3) is 0 Å². The first-order chi connectivity index (χ1) is 14.3. The van der Waals surface area contributed by atoms with E-state index >= 15 is 0 Å². The summed E-state index contributed by atoms with van der Waals surface area (Å²) in [5, 5.41) is 8.09. The van der Waals surface area contributed by atoms with Gasteiger partial charge in [-0.2, -0.15) is 5.10 Å². The van der Waals surface area contributed by atoms with Crippen molar-refractivity contribution in [1.29, 1.82) is 0 Å². The van der Waals surface area contributed by atoms with E-state index in [9.17, 15) is 4.79 Å². The summed E-state index contributed by atoms with van der Waals surface area (Å²) in [6.07, 6.45) is 3.91. The molecule has 0 spiro atoms. The zero-order valence-corrected chi connectivity index (χ0v) is 18.4. The highest BCUT2D eigenvalue weighted by Gasteiger charge is 2.29. The molecule has 2 unspecified atom stereocenters. The molecule has 3 aromatic rings. The average Bonchev–Trinajstić information content (AvgIpc) is 3.17. The second kappa shape index (κ2) is 8.10. The number of benzene rings is 2. The number of nitrogens with zero attached hydrogens (tertiary/aromatic N) is 2. The number of nitrogens with one attached hydrogen (secondary N) is 1. The minimum absolute atomic E-state index is 0.142. The van der Waals surface area contributed by atoms with Crippen LogP contribution in [-0.2, 0) is 11.8 Å². The number of carbonyl (C=O) groups excluding carboxylic acids is 1. The molecule has 1 aliphatic rings. The number of hydrogen-bond acceptors (Lipinski definition) is 3. The van der Waals surface area contributed by atoms with Crippen molar-refractivity contribution in [3.8, 4) is 0 Å². The highest BCUT2D eigenvalue weighted by Crippen LogP contribution is 2.36. The molecular formula is C26H31N3O. The van der Waals surface area contributed by atoms with Gasteiger partial charge in [-0.3, -0.25) is 4.79 Å². The van der Waals surface area contributed by atoms with Crippen molar-refractivity contribution in [2.24, 2.45) is 0 Å². The molecule has 0 fully saturated rings. The van der Waals surface area contributed by atoms with Gasteiger partial charge in [0.05, 0.1) is 23.8 Å². The molecule has 0 amide bonds. The van der Waals surface area contributed by atoms with E-state index < -0.39 is 0 Å². The van der Waals surface area contributed by atoms with Gasteiger partial charge in [0.2, 0.25) is 0 Å². The minimum atomic E-state index is 0.142. The Labute approximate surface area is 179 Å². The molecule has 30 heavy (non-hydrogen) atoms. The number of rotatable bonds is 5. The van der Waals surface area contributed by atoms with Gasteiger partial charge in [-0.25, -0.2) is 4.68 Å². The van der Waals surface area contributed by atoms with Gasteiger partial charge in [0.25, 0.3) is 0 Å². The lowest BCUT2D eigenvalue weighted by molar-refractivity contribution is 0.0983. The van der Waals surface area contributed by atoms with Crippen molar-refractivity contribution in [3.05, 3.63) is 83.0 Å². The van der Waals surface area contributed by atoms with Crippen LogP contribution < -0.4 is 5.32 Å². The third kappa shape index (κ3) is 4.18. The molecule has 0 bridgehead atoms. The zero-order chi connectivity index (χ0) is 21.3. The summed E-state index contributed by atoms with van der Waals surface area (Å²) < 4.78 is 1.96. The summed E-state index contributed by atoms with van der Waals surface area (Å²) in [5.74, 6) is 1.00. The number of anilines is 1. The molecule has 4 heteroatoms. The van der Waals surface area contributed by atoms with Crippen LogP contribution in [0.4, 0.5) is 5.82 Å². The Morgan fingerprint density at radius 1 is 1.10 bits per heavy atom. The van der Waals surface area contributed by atoms with Gasteiger partial charge in [0.1, 0.15) is 5.82 Å². The normalized spacial score (nSPS) is 18.5. The van der Waals surface area contributed by atoms with Crippen LogP contribution in [0, 0.1) is 0 Å². The molecule has 1 aromatic heterocycles. The Morgan fingerprint density at radius 3 is 2.47 bits per heavy atom. The second-order valence-electron chi connectivity index (χ2n) is 9.41. The Balaban J connectivity index is 1.47. The highest BCUT2D eigenvalue weighted by atomic mass is 16.1.